The minimum Gasteiger partial charge on any atom is -0.444 e. The van der Waals surface area contributed by atoms with Gasteiger partial charge >= 0.3 is 12.3 Å². The first kappa shape index (κ1) is 17.8. The van der Waals surface area contributed by atoms with E-state index in [4.69, 9.17) is 10.5 Å². The third-order valence-electron chi connectivity index (χ3n) is 2.39. The number of amides is 1. The van der Waals surface area contributed by atoms with E-state index in [1.54, 1.807) is 20.8 Å². The molecule has 0 radical (unpaired) electrons. The fraction of sp³-hybridized carbons (Fsp3) is 0.615. The van der Waals surface area contributed by atoms with E-state index in [9.17, 15) is 18.0 Å². The van der Waals surface area contributed by atoms with Gasteiger partial charge in [0.1, 0.15) is 10.5 Å². The SMILES string of the molecule is CC(C)(C)OC(=O)NC(CN)Cc1ccc(C(F)(F)F)s1. The molecule has 1 aromatic rings. The lowest BCUT2D eigenvalue weighted by Gasteiger charge is -2.22. The molecule has 1 rings (SSSR count). The van der Waals surface area contributed by atoms with E-state index in [-0.39, 0.29) is 13.0 Å². The summed E-state index contributed by atoms with van der Waals surface area (Å²) in [4.78, 5) is 11.5. The van der Waals surface area contributed by atoms with Gasteiger partial charge in [0, 0.05) is 23.9 Å². The number of nitrogens with one attached hydrogen (secondary N) is 1. The van der Waals surface area contributed by atoms with Gasteiger partial charge in [0.25, 0.3) is 0 Å². The van der Waals surface area contributed by atoms with Crippen molar-refractivity contribution < 1.29 is 22.7 Å². The molecule has 0 aliphatic carbocycles. The number of nitrogens with two attached hydrogens (primary N) is 1. The van der Waals surface area contributed by atoms with E-state index < -0.39 is 28.8 Å². The molecule has 1 unspecified atom stereocenters. The van der Waals surface area contributed by atoms with Crippen LogP contribution in [-0.4, -0.2) is 24.3 Å². The van der Waals surface area contributed by atoms with Crippen LogP contribution in [0.5, 0.6) is 0 Å². The minimum absolute atomic E-state index is 0.110. The van der Waals surface area contributed by atoms with Gasteiger partial charge in [0.15, 0.2) is 0 Å². The standard InChI is InChI=1S/C13H19F3N2O2S/c1-12(2,3)20-11(19)18-8(7-17)6-9-4-5-10(21-9)13(14,15)16/h4-5,8H,6-7,17H2,1-3H3,(H,18,19). The van der Waals surface area contributed by atoms with Crippen LogP contribution in [0.3, 0.4) is 0 Å². The summed E-state index contributed by atoms with van der Waals surface area (Å²) < 4.78 is 42.6. The highest BCUT2D eigenvalue weighted by Gasteiger charge is 2.32. The fourth-order valence-electron chi connectivity index (χ4n) is 1.55. The van der Waals surface area contributed by atoms with Gasteiger partial charge in [-0.1, -0.05) is 0 Å². The molecule has 4 nitrogen and oxygen atoms in total. The van der Waals surface area contributed by atoms with Crippen molar-refractivity contribution in [2.45, 2.75) is 45.0 Å². The highest BCUT2D eigenvalue weighted by Crippen LogP contribution is 2.34. The van der Waals surface area contributed by atoms with Gasteiger partial charge in [-0.25, -0.2) is 4.79 Å². The second-order valence-electron chi connectivity index (χ2n) is 5.55. The van der Waals surface area contributed by atoms with Crippen LogP contribution < -0.4 is 11.1 Å². The Morgan fingerprint density at radius 3 is 2.43 bits per heavy atom. The molecule has 0 saturated heterocycles. The summed E-state index contributed by atoms with van der Waals surface area (Å²) in [7, 11) is 0. The predicted molar refractivity (Wildman–Crippen MR) is 75.2 cm³/mol. The third-order valence-corrected chi connectivity index (χ3v) is 3.55. The molecule has 0 saturated carbocycles. The van der Waals surface area contributed by atoms with Gasteiger partial charge in [-0.2, -0.15) is 13.2 Å². The maximum Gasteiger partial charge on any atom is 0.425 e. The third kappa shape index (κ3) is 6.34. The van der Waals surface area contributed by atoms with Crippen LogP contribution in [0.1, 0.15) is 30.5 Å². The quantitative estimate of drug-likeness (QED) is 0.894. The molecule has 0 spiro atoms. The lowest BCUT2D eigenvalue weighted by atomic mass is 10.2. The van der Waals surface area contributed by atoms with Crippen LogP contribution in [0.2, 0.25) is 0 Å². The number of halogens is 3. The maximum absolute atomic E-state index is 12.5. The Morgan fingerprint density at radius 2 is 2.00 bits per heavy atom. The van der Waals surface area contributed by atoms with Crippen LogP contribution in [-0.2, 0) is 17.3 Å². The molecule has 21 heavy (non-hydrogen) atoms. The molecule has 1 aromatic heterocycles. The molecule has 0 aliphatic rings. The predicted octanol–water partition coefficient (Wildman–Crippen LogP) is 3.16. The second kappa shape index (κ2) is 6.65. The maximum atomic E-state index is 12.5. The number of ether oxygens (including phenoxy) is 1. The van der Waals surface area contributed by atoms with E-state index in [0.29, 0.717) is 16.2 Å². The van der Waals surface area contributed by atoms with E-state index in [1.807, 2.05) is 0 Å². The van der Waals surface area contributed by atoms with Crippen LogP contribution >= 0.6 is 11.3 Å². The lowest BCUT2D eigenvalue weighted by Crippen LogP contribution is -2.44. The Morgan fingerprint density at radius 1 is 1.38 bits per heavy atom. The molecule has 0 fully saturated rings. The molecular formula is C13H19F3N2O2S. The van der Waals surface area contributed by atoms with E-state index >= 15 is 0 Å². The van der Waals surface area contributed by atoms with Gasteiger partial charge in [-0.15, -0.1) is 11.3 Å². The number of carbonyl (C=O) groups excluding carboxylic acids is 1. The molecule has 1 atom stereocenters. The van der Waals surface area contributed by atoms with Crippen LogP contribution in [0.4, 0.5) is 18.0 Å². The average Bonchev–Trinajstić information content (AvgIpc) is 2.73. The summed E-state index contributed by atoms with van der Waals surface area (Å²) in [5.74, 6) is 0. The highest BCUT2D eigenvalue weighted by atomic mass is 32.1. The zero-order valence-electron chi connectivity index (χ0n) is 12.1. The molecule has 8 heteroatoms. The van der Waals surface area contributed by atoms with Crippen LogP contribution in [0.15, 0.2) is 12.1 Å². The number of thiophene rings is 1. The number of hydrogen-bond donors (Lipinski definition) is 2. The average molecular weight is 324 g/mol. The summed E-state index contributed by atoms with van der Waals surface area (Å²) in [5.41, 5.74) is 4.89. The first-order chi connectivity index (χ1) is 9.51. The van der Waals surface area contributed by atoms with E-state index in [2.05, 4.69) is 5.32 Å². The van der Waals surface area contributed by atoms with Crippen molar-refractivity contribution in [3.63, 3.8) is 0 Å². The Labute approximate surface area is 125 Å². The lowest BCUT2D eigenvalue weighted by molar-refractivity contribution is -0.134. The van der Waals surface area contributed by atoms with Gasteiger partial charge in [0.2, 0.25) is 0 Å². The Kier molecular flexibility index (Phi) is 5.63. The topological polar surface area (TPSA) is 64.3 Å². The normalized spacial score (nSPS) is 13.9. The van der Waals surface area contributed by atoms with Gasteiger partial charge in [-0.05, 0) is 32.9 Å². The number of alkyl halides is 3. The molecule has 120 valence electrons. The highest BCUT2D eigenvalue weighted by molar-refractivity contribution is 7.12. The van der Waals surface area contributed by atoms with Crippen molar-refractivity contribution in [2.75, 3.05) is 6.54 Å². The second-order valence-corrected chi connectivity index (χ2v) is 6.72. The molecule has 0 aliphatic heterocycles. The van der Waals surface area contributed by atoms with E-state index in [1.165, 1.54) is 6.07 Å². The van der Waals surface area contributed by atoms with Crippen LogP contribution in [0, 0.1) is 0 Å². The van der Waals surface area contributed by atoms with Crippen molar-refractivity contribution >= 4 is 17.4 Å². The van der Waals surface area contributed by atoms with Gasteiger partial charge in [-0.3, -0.25) is 0 Å². The fourth-order valence-corrected chi connectivity index (χ4v) is 2.51. The first-order valence-corrected chi connectivity index (χ1v) is 7.18. The number of rotatable bonds is 4. The zero-order chi connectivity index (χ0) is 16.3. The summed E-state index contributed by atoms with van der Waals surface area (Å²) in [6.45, 7) is 5.27. The zero-order valence-corrected chi connectivity index (χ0v) is 12.9. The molecule has 1 heterocycles. The van der Waals surface area contributed by atoms with Crippen molar-refractivity contribution in [1.29, 1.82) is 0 Å². The Hall–Kier alpha value is -1.28. The molecule has 3 N–H and O–H groups in total. The van der Waals surface area contributed by atoms with Crippen molar-refractivity contribution in [2.24, 2.45) is 5.73 Å². The molecule has 1 amide bonds. The molecular weight excluding hydrogens is 305 g/mol. The number of carbonyl (C=O) groups is 1. The minimum atomic E-state index is -4.35. The van der Waals surface area contributed by atoms with Gasteiger partial charge in [0.05, 0.1) is 0 Å². The van der Waals surface area contributed by atoms with Gasteiger partial charge < -0.3 is 15.8 Å². The molecule has 0 aromatic carbocycles. The first-order valence-electron chi connectivity index (χ1n) is 6.37. The van der Waals surface area contributed by atoms with E-state index in [0.717, 1.165) is 6.07 Å². The van der Waals surface area contributed by atoms with Crippen molar-refractivity contribution in [3.8, 4) is 0 Å². The van der Waals surface area contributed by atoms with Crippen molar-refractivity contribution in [3.05, 3.63) is 21.9 Å². The summed E-state index contributed by atoms with van der Waals surface area (Å²) in [5, 5.41) is 2.56. The Bertz CT molecular complexity index is 480. The molecule has 0 bridgehead atoms. The largest absolute Gasteiger partial charge is 0.444 e. The number of alkyl carbamates (subject to hydrolysis) is 1. The van der Waals surface area contributed by atoms with Crippen molar-refractivity contribution in [1.82, 2.24) is 5.32 Å². The number of hydrogen-bond acceptors (Lipinski definition) is 4. The smallest absolute Gasteiger partial charge is 0.425 e. The van der Waals surface area contributed by atoms with Crippen LogP contribution in [0.25, 0.3) is 0 Å². The summed E-state index contributed by atoms with van der Waals surface area (Å²) >= 11 is 0.651. The summed E-state index contributed by atoms with van der Waals surface area (Å²) in [6, 6.07) is 1.95. The monoisotopic (exact) mass is 324 g/mol. The summed E-state index contributed by atoms with van der Waals surface area (Å²) in [6.07, 6.45) is -4.75. The Balaban J connectivity index is 2.62.